The van der Waals surface area contributed by atoms with Crippen LogP contribution in [-0.4, -0.2) is 11.6 Å². The summed E-state index contributed by atoms with van der Waals surface area (Å²) in [7, 11) is 0. The highest BCUT2D eigenvalue weighted by Gasteiger charge is 2.62. The van der Waals surface area contributed by atoms with Crippen molar-refractivity contribution in [3.05, 3.63) is 0 Å². The maximum absolute atomic E-state index is 12.6. The fraction of sp³-hybridized carbons (Fsp3) is 0.867. The molecule has 0 spiro atoms. The second kappa shape index (κ2) is 3.66. The molecule has 0 heterocycles. The van der Waals surface area contributed by atoms with Gasteiger partial charge in [0.1, 0.15) is 11.6 Å². The summed E-state index contributed by atoms with van der Waals surface area (Å²) in [4.78, 5) is 23.9. The molecule has 3 fully saturated rings. The van der Waals surface area contributed by atoms with E-state index < -0.39 is 0 Å². The molecule has 0 amide bonds. The van der Waals surface area contributed by atoms with Crippen molar-refractivity contribution in [2.24, 2.45) is 28.6 Å². The standard InChI is InChI=1S/C15H24O2/c1-9(6-10(2)16)15(5)8-11-7-12(13(15)17)14(11,3)4/h9,11-12H,6-8H2,1-5H3. The number of carbonyl (C=O) groups is 2. The minimum Gasteiger partial charge on any atom is -0.300 e. The largest absolute Gasteiger partial charge is 0.300 e. The van der Waals surface area contributed by atoms with E-state index in [-0.39, 0.29) is 28.4 Å². The molecule has 2 heteroatoms. The van der Waals surface area contributed by atoms with Crippen LogP contribution in [-0.2, 0) is 9.59 Å². The van der Waals surface area contributed by atoms with E-state index in [9.17, 15) is 9.59 Å². The predicted octanol–water partition coefficient (Wildman–Crippen LogP) is 3.24. The van der Waals surface area contributed by atoms with Crippen molar-refractivity contribution in [3.8, 4) is 0 Å². The van der Waals surface area contributed by atoms with Gasteiger partial charge in [0.15, 0.2) is 0 Å². The number of hydrogen-bond acceptors (Lipinski definition) is 2. The first-order valence-corrected chi connectivity index (χ1v) is 6.73. The lowest BCUT2D eigenvalue weighted by Crippen LogP contribution is -2.61. The maximum atomic E-state index is 12.6. The molecule has 3 rings (SSSR count). The summed E-state index contributed by atoms with van der Waals surface area (Å²) >= 11 is 0. The summed E-state index contributed by atoms with van der Waals surface area (Å²) < 4.78 is 0. The Morgan fingerprint density at radius 1 is 1.41 bits per heavy atom. The normalized spacial score (nSPS) is 40.6. The van der Waals surface area contributed by atoms with Crippen molar-refractivity contribution < 1.29 is 9.59 Å². The summed E-state index contributed by atoms with van der Waals surface area (Å²) in [6, 6.07) is 0. The molecule has 3 aliphatic carbocycles. The highest BCUT2D eigenvalue weighted by atomic mass is 16.1. The van der Waals surface area contributed by atoms with Gasteiger partial charge in [-0.1, -0.05) is 27.7 Å². The van der Waals surface area contributed by atoms with Crippen LogP contribution in [0.15, 0.2) is 0 Å². The van der Waals surface area contributed by atoms with Crippen molar-refractivity contribution in [1.29, 1.82) is 0 Å². The summed E-state index contributed by atoms with van der Waals surface area (Å²) in [6.07, 6.45) is 2.60. The minimum absolute atomic E-state index is 0.189. The molecule has 96 valence electrons. The molecule has 3 saturated carbocycles. The molecule has 4 atom stereocenters. The van der Waals surface area contributed by atoms with Crippen LogP contribution < -0.4 is 0 Å². The number of rotatable bonds is 3. The zero-order chi connectivity index (χ0) is 13.0. The van der Waals surface area contributed by atoms with Crippen LogP contribution in [0.2, 0.25) is 0 Å². The van der Waals surface area contributed by atoms with E-state index in [2.05, 4.69) is 27.7 Å². The van der Waals surface area contributed by atoms with Crippen LogP contribution in [0, 0.1) is 28.6 Å². The average molecular weight is 236 g/mol. The fourth-order valence-electron chi connectivity index (χ4n) is 3.92. The monoisotopic (exact) mass is 236 g/mol. The highest BCUT2D eigenvalue weighted by molar-refractivity contribution is 5.91. The topological polar surface area (TPSA) is 34.1 Å². The van der Waals surface area contributed by atoms with Crippen LogP contribution in [0.3, 0.4) is 0 Å². The molecule has 0 aliphatic heterocycles. The number of fused-ring (bicyclic) bond motifs is 2. The molecule has 2 nitrogen and oxygen atoms in total. The molecular formula is C15H24O2. The molecule has 0 aromatic rings. The van der Waals surface area contributed by atoms with E-state index in [0.717, 1.165) is 12.8 Å². The van der Waals surface area contributed by atoms with Gasteiger partial charge in [-0.05, 0) is 37.0 Å². The van der Waals surface area contributed by atoms with Gasteiger partial charge in [0.05, 0.1) is 0 Å². The number of carbonyl (C=O) groups excluding carboxylic acids is 2. The van der Waals surface area contributed by atoms with E-state index >= 15 is 0 Å². The third kappa shape index (κ3) is 1.68. The van der Waals surface area contributed by atoms with Crippen LogP contribution in [0.4, 0.5) is 0 Å². The van der Waals surface area contributed by atoms with Gasteiger partial charge in [-0.3, -0.25) is 4.79 Å². The Balaban J connectivity index is 2.19. The molecule has 0 N–H and O–H groups in total. The van der Waals surface area contributed by atoms with Gasteiger partial charge in [0.25, 0.3) is 0 Å². The molecule has 0 saturated heterocycles. The van der Waals surface area contributed by atoms with Crippen molar-refractivity contribution >= 4 is 11.6 Å². The summed E-state index contributed by atoms with van der Waals surface area (Å²) in [6.45, 7) is 10.2. The fourth-order valence-corrected chi connectivity index (χ4v) is 3.92. The first-order valence-electron chi connectivity index (χ1n) is 6.73. The van der Waals surface area contributed by atoms with Gasteiger partial charge in [0.2, 0.25) is 0 Å². The zero-order valence-electron chi connectivity index (χ0n) is 11.7. The Bertz CT molecular complexity index is 369. The number of Topliss-reactive ketones (excluding diaryl/α,β-unsaturated/α-hetero) is 2. The van der Waals surface area contributed by atoms with Crippen LogP contribution >= 0.6 is 0 Å². The van der Waals surface area contributed by atoms with Gasteiger partial charge in [0, 0.05) is 17.8 Å². The molecule has 0 radical (unpaired) electrons. The Hall–Kier alpha value is -0.660. The van der Waals surface area contributed by atoms with Crippen molar-refractivity contribution in [2.45, 2.75) is 53.9 Å². The van der Waals surface area contributed by atoms with E-state index in [4.69, 9.17) is 0 Å². The Labute approximate surface area is 104 Å². The van der Waals surface area contributed by atoms with E-state index in [1.165, 1.54) is 0 Å². The Morgan fingerprint density at radius 2 is 2.00 bits per heavy atom. The van der Waals surface area contributed by atoms with E-state index in [1.807, 2.05) is 0 Å². The lowest BCUT2D eigenvalue weighted by molar-refractivity contribution is -0.173. The summed E-state index contributed by atoms with van der Waals surface area (Å²) in [5, 5.41) is 0. The Kier molecular flexibility index (Phi) is 2.76. The summed E-state index contributed by atoms with van der Waals surface area (Å²) in [5.41, 5.74) is -0.0543. The lowest BCUT2D eigenvalue weighted by Gasteiger charge is -2.61. The molecule has 0 aromatic carbocycles. The van der Waals surface area contributed by atoms with Gasteiger partial charge in [-0.15, -0.1) is 0 Å². The van der Waals surface area contributed by atoms with E-state index in [1.54, 1.807) is 6.92 Å². The molecule has 0 aromatic heterocycles. The molecule has 4 unspecified atom stereocenters. The van der Waals surface area contributed by atoms with E-state index in [0.29, 0.717) is 18.1 Å². The average Bonchev–Trinajstić information content (AvgIpc) is 2.20. The third-order valence-electron chi connectivity index (χ3n) is 5.70. The van der Waals surface area contributed by atoms with Gasteiger partial charge in [-0.2, -0.15) is 0 Å². The van der Waals surface area contributed by atoms with Crippen molar-refractivity contribution in [3.63, 3.8) is 0 Å². The van der Waals surface area contributed by atoms with Crippen molar-refractivity contribution in [1.82, 2.24) is 0 Å². The van der Waals surface area contributed by atoms with Crippen LogP contribution in [0.25, 0.3) is 0 Å². The molecular weight excluding hydrogens is 212 g/mol. The highest BCUT2D eigenvalue weighted by Crippen LogP contribution is 2.63. The third-order valence-corrected chi connectivity index (χ3v) is 5.70. The first-order chi connectivity index (χ1) is 7.69. The molecule has 3 aliphatic rings. The molecule has 17 heavy (non-hydrogen) atoms. The van der Waals surface area contributed by atoms with Crippen LogP contribution in [0.1, 0.15) is 53.9 Å². The predicted molar refractivity (Wildman–Crippen MR) is 67.6 cm³/mol. The number of ketones is 2. The second-order valence-electron chi connectivity index (χ2n) is 7.10. The van der Waals surface area contributed by atoms with Gasteiger partial charge >= 0.3 is 0 Å². The minimum atomic E-state index is -0.255. The molecule has 2 bridgehead atoms. The van der Waals surface area contributed by atoms with Crippen LogP contribution in [0.5, 0.6) is 0 Å². The lowest BCUT2D eigenvalue weighted by atomic mass is 9.41. The van der Waals surface area contributed by atoms with Gasteiger partial charge in [-0.25, -0.2) is 0 Å². The summed E-state index contributed by atoms with van der Waals surface area (Å²) in [5.74, 6) is 1.71. The van der Waals surface area contributed by atoms with Crippen molar-refractivity contribution in [2.75, 3.05) is 0 Å². The first kappa shape index (κ1) is 12.8. The van der Waals surface area contributed by atoms with Gasteiger partial charge < -0.3 is 4.79 Å². The Morgan fingerprint density at radius 3 is 2.41 bits per heavy atom. The zero-order valence-corrected chi connectivity index (χ0v) is 11.7. The smallest absolute Gasteiger partial charge is 0.142 e. The second-order valence-corrected chi connectivity index (χ2v) is 7.10. The number of hydrogen-bond donors (Lipinski definition) is 0. The quantitative estimate of drug-likeness (QED) is 0.754. The maximum Gasteiger partial charge on any atom is 0.142 e. The SMILES string of the molecule is CC(=O)CC(C)C1(C)CC2CC(C1=O)C2(C)C.